The number of ether oxygens (including phenoxy) is 2. The smallest absolute Gasteiger partial charge is 0.246 e. The maximum Gasteiger partial charge on any atom is 0.246 e. The van der Waals surface area contributed by atoms with Gasteiger partial charge in [0.2, 0.25) is 11.8 Å². The molecule has 8 heteroatoms. The molecule has 0 aromatic heterocycles. The van der Waals surface area contributed by atoms with Crippen LogP contribution in [0, 0.1) is 5.82 Å². The van der Waals surface area contributed by atoms with E-state index in [2.05, 4.69) is 0 Å². The van der Waals surface area contributed by atoms with E-state index in [4.69, 9.17) is 21.1 Å². The Morgan fingerprint density at radius 2 is 1.76 bits per heavy atom. The van der Waals surface area contributed by atoms with Gasteiger partial charge in [0.25, 0.3) is 0 Å². The number of rotatable bonds is 8. The fourth-order valence-electron chi connectivity index (χ4n) is 3.52. The number of nitrogens with zero attached hydrogens (tertiary/aromatic N) is 2. The second kappa shape index (κ2) is 11.7. The summed E-state index contributed by atoms with van der Waals surface area (Å²) in [5.41, 5.74) is 1.49. The lowest BCUT2D eigenvalue weighted by Gasteiger charge is -2.34. The zero-order valence-corrected chi connectivity index (χ0v) is 19.6. The van der Waals surface area contributed by atoms with Crippen LogP contribution in [0.5, 0.6) is 11.5 Å². The van der Waals surface area contributed by atoms with Crippen molar-refractivity contribution in [2.75, 3.05) is 39.9 Å². The minimum Gasteiger partial charge on any atom is -0.493 e. The van der Waals surface area contributed by atoms with Crippen molar-refractivity contribution in [1.82, 2.24) is 9.80 Å². The first-order chi connectivity index (χ1) is 15.9. The number of carbonyl (C=O) groups is 2. The first-order valence-corrected chi connectivity index (χ1v) is 11.3. The van der Waals surface area contributed by atoms with Gasteiger partial charge < -0.3 is 19.3 Å². The van der Waals surface area contributed by atoms with Crippen LogP contribution in [-0.4, -0.2) is 61.5 Å². The second-order valence-electron chi connectivity index (χ2n) is 7.73. The Bertz CT molecular complexity index is 1000. The van der Waals surface area contributed by atoms with E-state index in [0.29, 0.717) is 49.3 Å². The van der Waals surface area contributed by atoms with E-state index >= 15 is 0 Å². The number of hydrogen-bond donors (Lipinski definition) is 0. The minimum absolute atomic E-state index is 0.0311. The Hall–Kier alpha value is -3.06. The highest BCUT2D eigenvalue weighted by atomic mass is 35.5. The second-order valence-corrected chi connectivity index (χ2v) is 8.13. The molecule has 176 valence electrons. The monoisotopic (exact) mass is 474 g/mol. The molecule has 6 nitrogen and oxygen atoms in total. The summed E-state index contributed by atoms with van der Waals surface area (Å²) in [4.78, 5) is 28.6. The molecular formula is C25H28ClFN2O4. The van der Waals surface area contributed by atoms with E-state index in [1.807, 2.05) is 6.92 Å². The normalized spacial score (nSPS) is 13.9. The van der Waals surface area contributed by atoms with Crippen molar-refractivity contribution in [3.8, 4) is 11.5 Å². The van der Waals surface area contributed by atoms with Gasteiger partial charge in [-0.2, -0.15) is 0 Å². The Balaban J connectivity index is 1.55. The van der Waals surface area contributed by atoms with Crippen LogP contribution in [0.1, 0.15) is 24.5 Å². The molecule has 0 spiro atoms. The van der Waals surface area contributed by atoms with Gasteiger partial charge in [0.15, 0.2) is 11.5 Å². The molecule has 2 amide bonds. The lowest BCUT2D eigenvalue weighted by atomic mass is 10.1. The van der Waals surface area contributed by atoms with E-state index in [0.717, 1.165) is 17.5 Å². The predicted octanol–water partition coefficient (Wildman–Crippen LogP) is 4.20. The van der Waals surface area contributed by atoms with Gasteiger partial charge in [-0.15, -0.1) is 0 Å². The van der Waals surface area contributed by atoms with Crippen molar-refractivity contribution in [2.45, 2.75) is 19.8 Å². The van der Waals surface area contributed by atoms with Gasteiger partial charge in [0, 0.05) is 32.3 Å². The third kappa shape index (κ3) is 6.71. The van der Waals surface area contributed by atoms with Crippen LogP contribution in [0.15, 0.2) is 42.5 Å². The number of halogens is 2. The number of carbonyl (C=O) groups excluding carboxylic acids is 2. The standard InChI is InChI=1S/C25H28ClFN2O4/c1-3-14-33-25-21(26)15-19(16-22(25)32-2)6-9-23(30)28-10-12-29(13-11-28)24(31)17-18-4-7-20(27)8-5-18/h4-9,15-16H,3,10-14,17H2,1-2H3/b9-6+. The summed E-state index contributed by atoms with van der Waals surface area (Å²) in [6.07, 6.45) is 4.25. The first-order valence-electron chi connectivity index (χ1n) is 10.9. The molecule has 0 N–H and O–H groups in total. The Morgan fingerprint density at radius 3 is 2.39 bits per heavy atom. The molecule has 0 unspecified atom stereocenters. The van der Waals surface area contributed by atoms with Gasteiger partial charge in [0.1, 0.15) is 5.82 Å². The molecule has 1 heterocycles. The van der Waals surface area contributed by atoms with Gasteiger partial charge in [-0.3, -0.25) is 9.59 Å². The molecular weight excluding hydrogens is 447 g/mol. The number of benzene rings is 2. The van der Waals surface area contributed by atoms with Crippen molar-refractivity contribution < 1.29 is 23.5 Å². The van der Waals surface area contributed by atoms with Crippen molar-refractivity contribution in [3.05, 3.63) is 64.4 Å². The van der Waals surface area contributed by atoms with Gasteiger partial charge in [-0.05, 0) is 47.9 Å². The van der Waals surface area contributed by atoms with Crippen LogP contribution in [0.2, 0.25) is 5.02 Å². The average Bonchev–Trinajstić information content (AvgIpc) is 2.83. The Labute approximate surface area is 198 Å². The summed E-state index contributed by atoms with van der Waals surface area (Å²) in [5, 5.41) is 0.420. The molecule has 0 radical (unpaired) electrons. The van der Waals surface area contributed by atoms with Crippen molar-refractivity contribution in [1.29, 1.82) is 0 Å². The van der Waals surface area contributed by atoms with Crippen LogP contribution in [0.25, 0.3) is 6.08 Å². The van der Waals surface area contributed by atoms with E-state index in [9.17, 15) is 14.0 Å². The number of amides is 2. The van der Waals surface area contributed by atoms with Crippen LogP contribution in [0.3, 0.4) is 0 Å². The molecule has 33 heavy (non-hydrogen) atoms. The molecule has 1 aliphatic heterocycles. The van der Waals surface area contributed by atoms with Gasteiger partial charge in [-0.25, -0.2) is 4.39 Å². The summed E-state index contributed by atoms with van der Waals surface area (Å²) < 4.78 is 24.1. The van der Waals surface area contributed by atoms with Gasteiger partial charge in [-0.1, -0.05) is 30.7 Å². The van der Waals surface area contributed by atoms with Gasteiger partial charge >= 0.3 is 0 Å². The van der Waals surface area contributed by atoms with E-state index in [-0.39, 0.29) is 24.1 Å². The molecule has 0 bridgehead atoms. The molecule has 3 rings (SSSR count). The predicted molar refractivity (Wildman–Crippen MR) is 126 cm³/mol. The zero-order valence-electron chi connectivity index (χ0n) is 18.9. The maximum absolute atomic E-state index is 13.0. The summed E-state index contributed by atoms with van der Waals surface area (Å²) in [6.45, 7) is 4.36. The van der Waals surface area contributed by atoms with Crippen LogP contribution < -0.4 is 9.47 Å². The Morgan fingerprint density at radius 1 is 1.09 bits per heavy atom. The lowest BCUT2D eigenvalue weighted by Crippen LogP contribution is -2.50. The molecule has 0 atom stereocenters. The highest BCUT2D eigenvalue weighted by Gasteiger charge is 2.23. The van der Waals surface area contributed by atoms with Crippen molar-refractivity contribution in [2.24, 2.45) is 0 Å². The van der Waals surface area contributed by atoms with Crippen LogP contribution >= 0.6 is 11.6 Å². The minimum atomic E-state index is -0.326. The van der Waals surface area contributed by atoms with E-state index in [1.54, 1.807) is 47.3 Å². The summed E-state index contributed by atoms with van der Waals surface area (Å²) in [6, 6.07) is 9.42. The van der Waals surface area contributed by atoms with Crippen molar-refractivity contribution >= 4 is 29.5 Å². The number of hydrogen-bond acceptors (Lipinski definition) is 4. The lowest BCUT2D eigenvalue weighted by molar-refractivity contribution is -0.136. The molecule has 1 aliphatic rings. The first kappa shape index (κ1) is 24.6. The quantitative estimate of drug-likeness (QED) is 0.538. The topological polar surface area (TPSA) is 59.1 Å². The van der Waals surface area contributed by atoms with E-state index < -0.39 is 0 Å². The highest BCUT2D eigenvalue weighted by Crippen LogP contribution is 2.36. The zero-order chi connectivity index (χ0) is 23.8. The summed E-state index contributed by atoms with van der Waals surface area (Å²) in [5.74, 6) is 0.508. The van der Waals surface area contributed by atoms with Gasteiger partial charge in [0.05, 0.1) is 25.2 Å². The molecule has 0 aliphatic carbocycles. The molecule has 2 aromatic carbocycles. The highest BCUT2D eigenvalue weighted by molar-refractivity contribution is 6.32. The molecule has 1 fully saturated rings. The SMILES string of the molecule is CCCOc1c(Cl)cc(/C=C/C(=O)N2CCN(C(=O)Cc3ccc(F)cc3)CC2)cc1OC. The van der Waals surface area contributed by atoms with Crippen molar-refractivity contribution in [3.63, 3.8) is 0 Å². The average molecular weight is 475 g/mol. The number of methoxy groups -OCH3 is 1. The molecule has 1 saturated heterocycles. The van der Waals surface area contributed by atoms with Crippen LogP contribution in [0.4, 0.5) is 4.39 Å². The molecule has 2 aromatic rings. The number of piperazine rings is 1. The largest absolute Gasteiger partial charge is 0.493 e. The third-order valence-electron chi connectivity index (χ3n) is 5.33. The van der Waals surface area contributed by atoms with E-state index in [1.165, 1.54) is 18.2 Å². The fourth-order valence-corrected chi connectivity index (χ4v) is 3.79. The third-order valence-corrected chi connectivity index (χ3v) is 5.61. The molecule has 0 saturated carbocycles. The summed E-state index contributed by atoms with van der Waals surface area (Å²) >= 11 is 6.33. The summed E-state index contributed by atoms with van der Waals surface area (Å²) in [7, 11) is 1.54. The van der Waals surface area contributed by atoms with Crippen LogP contribution in [-0.2, 0) is 16.0 Å². The fraction of sp³-hybridized carbons (Fsp3) is 0.360. The Kier molecular flexibility index (Phi) is 8.72. The maximum atomic E-state index is 13.0.